The quantitative estimate of drug-likeness (QED) is 0.621. The highest BCUT2D eigenvalue weighted by Gasteiger charge is 2.37. The van der Waals surface area contributed by atoms with Crippen molar-refractivity contribution in [1.82, 2.24) is 14.8 Å². The number of piperazine rings is 1. The molecule has 9 nitrogen and oxygen atoms in total. The first-order valence-corrected chi connectivity index (χ1v) is 12.6. The van der Waals surface area contributed by atoms with Gasteiger partial charge in [0.2, 0.25) is 11.8 Å². The molecule has 182 valence electrons. The highest BCUT2D eigenvalue weighted by molar-refractivity contribution is 7.13. The summed E-state index contributed by atoms with van der Waals surface area (Å²) >= 11 is 1.35. The van der Waals surface area contributed by atoms with Crippen molar-refractivity contribution >= 4 is 40.0 Å². The highest BCUT2D eigenvalue weighted by Crippen LogP contribution is 2.30. The van der Waals surface area contributed by atoms with Gasteiger partial charge in [-0.15, -0.1) is 11.3 Å². The van der Waals surface area contributed by atoms with Gasteiger partial charge in [-0.05, 0) is 36.6 Å². The molecule has 1 aromatic heterocycles. The van der Waals surface area contributed by atoms with Gasteiger partial charge >= 0.3 is 6.03 Å². The molecule has 2 fully saturated rings. The molecule has 1 aromatic carbocycles. The molecule has 2 aromatic rings. The summed E-state index contributed by atoms with van der Waals surface area (Å²) in [5, 5.41) is 8.03. The van der Waals surface area contributed by atoms with Gasteiger partial charge in [0, 0.05) is 30.4 Å². The topological polar surface area (TPSA) is 104 Å². The van der Waals surface area contributed by atoms with Crippen LogP contribution in [-0.4, -0.2) is 65.4 Å². The number of carbonyl (C=O) groups is 3. The smallest absolute Gasteiger partial charge is 0.322 e. The number of thiazole rings is 1. The maximum atomic E-state index is 13.2. The Balaban J connectivity index is 1.40. The lowest BCUT2D eigenvalue weighted by atomic mass is 9.84. The Kier molecular flexibility index (Phi) is 7.99. The van der Waals surface area contributed by atoms with Crippen molar-refractivity contribution in [3.8, 4) is 5.75 Å². The summed E-state index contributed by atoms with van der Waals surface area (Å²) in [4.78, 5) is 46.3. The molecule has 1 atom stereocenters. The van der Waals surface area contributed by atoms with Gasteiger partial charge in [-0.3, -0.25) is 9.59 Å². The lowest BCUT2D eigenvalue weighted by Crippen LogP contribution is -2.59. The minimum Gasteiger partial charge on any atom is -0.497 e. The molecule has 0 bridgehead atoms. The number of carbonyl (C=O) groups excluding carboxylic acids is 3. The summed E-state index contributed by atoms with van der Waals surface area (Å²) < 4.78 is 5.14. The Bertz CT molecular complexity index is 976. The summed E-state index contributed by atoms with van der Waals surface area (Å²) in [6, 6.07) is 6.11. The van der Waals surface area contributed by atoms with E-state index in [9.17, 15) is 14.4 Å². The molecule has 0 unspecified atom stereocenters. The predicted molar refractivity (Wildman–Crippen MR) is 131 cm³/mol. The van der Waals surface area contributed by atoms with Gasteiger partial charge in [0.15, 0.2) is 5.13 Å². The second-order valence-electron chi connectivity index (χ2n) is 8.75. The van der Waals surface area contributed by atoms with E-state index < -0.39 is 6.04 Å². The van der Waals surface area contributed by atoms with Crippen molar-refractivity contribution in [2.24, 2.45) is 5.92 Å². The molecule has 2 N–H and O–H groups in total. The molecule has 2 aliphatic rings. The molecule has 4 rings (SSSR count). The van der Waals surface area contributed by atoms with Crippen LogP contribution in [0.1, 0.15) is 38.5 Å². The van der Waals surface area contributed by atoms with Gasteiger partial charge in [-0.2, -0.15) is 0 Å². The Morgan fingerprint density at radius 2 is 1.91 bits per heavy atom. The first-order chi connectivity index (χ1) is 16.5. The largest absolute Gasteiger partial charge is 0.497 e. The Morgan fingerprint density at radius 3 is 2.56 bits per heavy atom. The summed E-state index contributed by atoms with van der Waals surface area (Å²) in [5.74, 6) is 0.697. The minimum absolute atomic E-state index is 0.0618. The van der Waals surface area contributed by atoms with Crippen LogP contribution in [0.4, 0.5) is 15.6 Å². The van der Waals surface area contributed by atoms with Crippen molar-refractivity contribution in [2.45, 2.75) is 44.6 Å². The summed E-state index contributed by atoms with van der Waals surface area (Å²) in [5.41, 5.74) is 0.624. The number of methoxy groups -OCH3 is 1. The van der Waals surface area contributed by atoms with Crippen LogP contribution in [0.3, 0.4) is 0 Å². The molecule has 4 amide bonds. The summed E-state index contributed by atoms with van der Waals surface area (Å²) in [6.07, 6.45) is 8.01. The standard InChI is InChI=1S/C24H31N5O4S/c1-33-19-9-7-18(8-10-19)26-24(32)28-12-13-29(21(30)16-28)20(15-17-5-3-2-4-6-17)22(31)27-23-25-11-14-34-23/h7-11,14,17,20H,2-6,12-13,15-16H2,1H3,(H,26,32)(H,25,27,31)/t20-/m0/s1. The molecule has 0 radical (unpaired) electrons. The van der Waals surface area contributed by atoms with Gasteiger partial charge in [-0.1, -0.05) is 32.1 Å². The maximum absolute atomic E-state index is 13.2. The van der Waals surface area contributed by atoms with Gasteiger partial charge in [0.05, 0.1) is 7.11 Å². The van der Waals surface area contributed by atoms with E-state index in [0.717, 1.165) is 12.8 Å². The molecule has 0 spiro atoms. The zero-order valence-corrected chi connectivity index (χ0v) is 20.2. The summed E-state index contributed by atoms with van der Waals surface area (Å²) in [7, 11) is 1.58. The van der Waals surface area contributed by atoms with Crippen LogP contribution in [0, 0.1) is 5.92 Å². The molecule has 34 heavy (non-hydrogen) atoms. The zero-order chi connectivity index (χ0) is 23.9. The Morgan fingerprint density at radius 1 is 1.15 bits per heavy atom. The van der Waals surface area contributed by atoms with E-state index >= 15 is 0 Å². The normalized spacial score (nSPS) is 17.9. The predicted octanol–water partition coefficient (Wildman–Crippen LogP) is 3.81. The lowest BCUT2D eigenvalue weighted by Gasteiger charge is -2.39. The highest BCUT2D eigenvalue weighted by atomic mass is 32.1. The fraction of sp³-hybridized carbons (Fsp3) is 0.500. The SMILES string of the molecule is COc1ccc(NC(=O)N2CCN([C@@H](CC3CCCCC3)C(=O)Nc3nccs3)C(=O)C2)cc1. The fourth-order valence-electron chi connectivity index (χ4n) is 4.65. The Labute approximate surface area is 203 Å². The van der Waals surface area contributed by atoms with E-state index in [-0.39, 0.29) is 24.4 Å². The van der Waals surface area contributed by atoms with Crippen LogP contribution in [0.15, 0.2) is 35.8 Å². The third-order valence-electron chi connectivity index (χ3n) is 6.51. The number of anilines is 2. The maximum Gasteiger partial charge on any atom is 0.322 e. The molecular formula is C24H31N5O4S. The van der Waals surface area contributed by atoms with Crippen LogP contribution < -0.4 is 15.4 Å². The van der Waals surface area contributed by atoms with Gasteiger partial charge in [0.25, 0.3) is 0 Å². The summed E-state index contributed by atoms with van der Waals surface area (Å²) in [6.45, 7) is 0.616. The average molecular weight is 486 g/mol. The molecule has 1 saturated heterocycles. The van der Waals surface area contributed by atoms with E-state index in [1.165, 1.54) is 35.5 Å². The van der Waals surface area contributed by atoms with Crippen LogP contribution in [0.25, 0.3) is 0 Å². The third kappa shape index (κ3) is 6.05. The number of rotatable bonds is 7. The first kappa shape index (κ1) is 24.0. The molecular weight excluding hydrogens is 454 g/mol. The van der Waals surface area contributed by atoms with Crippen LogP contribution >= 0.6 is 11.3 Å². The number of ether oxygens (including phenoxy) is 1. The van der Waals surface area contributed by atoms with E-state index in [0.29, 0.717) is 42.0 Å². The second kappa shape index (κ2) is 11.3. The van der Waals surface area contributed by atoms with Crippen molar-refractivity contribution in [1.29, 1.82) is 0 Å². The van der Waals surface area contributed by atoms with E-state index in [4.69, 9.17) is 4.74 Å². The molecule has 1 aliphatic carbocycles. The number of urea groups is 1. The van der Waals surface area contributed by atoms with E-state index in [1.54, 1.807) is 47.9 Å². The number of nitrogens with one attached hydrogen (secondary N) is 2. The molecule has 2 heterocycles. The fourth-order valence-corrected chi connectivity index (χ4v) is 5.19. The van der Waals surface area contributed by atoms with Gasteiger partial charge in [-0.25, -0.2) is 9.78 Å². The number of hydrogen-bond acceptors (Lipinski definition) is 6. The third-order valence-corrected chi connectivity index (χ3v) is 7.20. The average Bonchev–Trinajstić information content (AvgIpc) is 3.37. The van der Waals surface area contributed by atoms with Crippen LogP contribution in [0.2, 0.25) is 0 Å². The molecule has 1 saturated carbocycles. The van der Waals surface area contributed by atoms with Gasteiger partial charge < -0.3 is 25.2 Å². The number of nitrogens with zero attached hydrogens (tertiary/aromatic N) is 3. The van der Waals surface area contributed by atoms with Crippen molar-refractivity contribution < 1.29 is 19.1 Å². The molecule has 1 aliphatic heterocycles. The minimum atomic E-state index is -0.564. The monoisotopic (exact) mass is 485 g/mol. The number of benzene rings is 1. The second-order valence-corrected chi connectivity index (χ2v) is 9.64. The van der Waals surface area contributed by atoms with E-state index in [1.807, 2.05) is 0 Å². The van der Waals surface area contributed by atoms with Crippen LogP contribution in [0.5, 0.6) is 5.75 Å². The number of aromatic nitrogens is 1. The van der Waals surface area contributed by atoms with Crippen molar-refractivity contribution in [3.05, 3.63) is 35.8 Å². The van der Waals surface area contributed by atoms with Gasteiger partial charge in [0.1, 0.15) is 18.3 Å². The number of hydrogen-bond donors (Lipinski definition) is 2. The zero-order valence-electron chi connectivity index (χ0n) is 19.4. The lowest BCUT2D eigenvalue weighted by molar-refractivity contribution is -0.142. The van der Waals surface area contributed by atoms with Crippen LogP contribution in [-0.2, 0) is 9.59 Å². The van der Waals surface area contributed by atoms with E-state index in [2.05, 4.69) is 15.6 Å². The molecule has 10 heteroatoms. The Hall–Kier alpha value is -3.14. The van der Waals surface area contributed by atoms with Crippen molar-refractivity contribution in [3.63, 3.8) is 0 Å². The number of amides is 4. The van der Waals surface area contributed by atoms with Crippen molar-refractivity contribution in [2.75, 3.05) is 37.4 Å². The first-order valence-electron chi connectivity index (χ1n) is 11.7.